The molecule has 0 aliphatic rings. The lowest BCUT2D eigenvalue weighted by Crippen LogP contribution is -2.45. The maximum absolute atomic E-state index is 12.3. The molecule has 6 nitrogen and oxygen atoms in total. The fraction of sp³-hybridized carbons (Fsp3) is 0.533. The molecule has 1 heterocycles. The van der Waals surface area contributed by atoms with Crippen LogP contribution in [0.4, 0.5) is 10.6 Å². The Kier molecular flexibility index (Phi) is 6.80. The average molecular weight is 372 g/mol. The van der Waals surface area contributed by atoms with Crippen LogP contribution in [0, 0.1) is 0 Å². The number of ether oxygens (including phenoxy) is 1. The van der Waals surface area contributed by atoms with E-state index >= 15 is 0 Å². The summed E-state index contributed by atoms with van der Waals surface area (Å²) >= 11 is 3.28. The van der Waals surface area contributed by atoms with E-state index in [0.29, 0.717) is 12.2 Å². The standard InChI is InChI=1S/C15H22BrN3O3/c1-5-6-11(18-14(21)22-15(2,3)4)13(20)19-12-8-7-10(16)9-17-12/h7-9,11H,5-6H2,1-4H3,(H,18,21)(H,17,19,20). The number of halogens is 1. The number of rotatable bonds is 5. The summed E-state index contributed by atoms with van der Waals surface area (Å²) in [7, 11) is 0. The number of carbonyl (C=O) groups is 2. The van der Waals surface area contributed by atoms with Gasteiger partial charge in [-0.15, -0.1) is 0 Å². The third-order valence-electron chi connectivity index (χ3n) is 2.56. The molecule has 1 aromatic heterocycles. The molecule has 2 amide bonds. The Morgan fingerprint density at radius 3 is 2.55 bits per heavy atom. The highest BCUT2D eigenvalue weighted by molar-refractivity contribution is 9.10. The molecule has 7 heteroatoms. The van der Waals surface area contributed by atoms with Gasteiger partial charge in [-0.2, -0.15) is 0 Å². The van der Waals surface area contributed by atoms with Crippen LogP contribution in [0.15, 0.2) is 22.8 Å². The highest BCUT2D eigenvalue weighted by Crippen LogP contribution is 2.12. The molecule has 1 atom stereocenters. The first-order valence-corrected chi connectivity index (χ1v) is 7.92. The Balaban J connectivity index is 2.66. The highest BCUT2D eigenvalue weighted by atomic mass is 79.9. The zero-order valence-electron chi connectivity index (χ0n) is 13.3. The Hall–Kier alpha value is -1.63. The van der Waals surface area contributed by atoms with E-state index in [1.54, 1.807) is 39.1 Å². The minimum Gasteiger partial charge on any atom is -0.444 e. The largest absolute Gasteiger partial charge is 0.444 e. The zero-order chi connectivity index (χ0) is 16.8. The number of hydrogen-bond donors (Lipinski definition) is 2. The van der Waals surface area contributed by atoms with Crippen molar-refractivity contribution < 1.29 is 14.3 Å². The van der Waals surface area contributed by atoms with E-state index in [0.717, 1.165) is 10.9 Å². The molecule has 0 fully saturated rings. The molecular formula is C15H22BrN3O3. The van der Waals surface area contributed by atoms with Crippen molar-refractivity contribution in [1.82, 2.24) is 10.3 Å². The van der Waals surface area contributed by atoms with Crippen LogP contribution >= 0.6 is 15.9 Å². The van der Waals surface area contributed by atoms with Crippen molar-refractivity contribution in [2.75, 3.05) is 5.32 Å². The second-order valence-corrected chi connectivity index (χ2v) is 6.75. The number of pyridine rings is 1. The Labute approximate surface area is 139 Å². The van der Waals surface area contributed by atoms with Gasteiger partial charge in [0.1, 0.15) is 17.5 Å². The maximum atomic E-state index is 12.3. The smallest absolute Gasteiger partial charge is 0.408 e. The third-order valence-corrected chi connectivity index (χ3v) is 3.03. The number of alkyl carbamates (subject to hydrolysis) is 1. The number of nitrogens with zero attached hydrogens (tertiary/aromatic N) is 1. The summed E-state index contributed by atoms with van der Waals surface area (Å²) < 4.78 is 6.00. The lowest BCUT2D eigenvalue weighted by molar-refractivity contribution is -0.118. The van der Waals surface area contributed by atoms with Crippen molar-refractivity contribution in [3.63, 3.8) is 0 Å². The Morgan fingerprint density at radius 2 is 2.05 bits per heavy atom. The van der Waals surface area contributed by atoms with Gasteiger partial charge in [0.05, 0.1) is 0 Å². The first-order valence-electron chi connectivity index (χ1n) is 7.13. The predicted octanol–water partition coefficient (Wildman–Crippen LogP) is 3.48. The first-order chi connectivity index (χ1) is 10.2. The summed E-state index contributed by atoms with van der Waals surface area (Å²) in [5.41, 5.74) is -0.607. The minimum atomic E-state index is -0.662. The average Bonchev–Trinajstić information content (AvgIpc) is 2.38. The summed E-state index contributed by atoms with van der Waals surface area (Å²) in [6.45, 7) is 7.25. The molecule has 1 unspecified atom stereocenters. The molecular weight excluding hydrogens is 350 g/mol. The summed E-state index contributed by atoms with van der Waals surface area (Å²) in [5.74, 6) is 0.114. The highest BCUT2D eigenvalue weighted by Gasteiger charge is 2.23. The van der Waals surface area contributed by atoms with Crippen LogP contribution < -0.4 is 10.6 Å². The molecule has 0 spiro atoms. The van der Waals surface area contributed by atoms with E-state index in [2.05, 4.69) is 31.5 Å². The van der Waals surface area contributed by atoms with Crippen LogP contribution in [0.25, 0.3) is 0 Å². The van der Waals surface area contributed by atoms with Gasteiger partial charge in [0.15, 0.2) is 0 Å². The number of hydrogen-bond acceptors (Lipinski definition) is 4. The maximum Gasteiger partial charge on any atom is 0.408 e. The summed E-state index contributed by atoms with van der Waals surface area (Å²) in [4.78, 5) is 28.1. The number of nitrogens with one attached hydrogen (secondary N) is 2. The van der Waals surface area contributed by atoms with Crippen LogP contribution in [-0.2, 0) is 9.53 Å². The lowest BCUT2D eigenvalue weighted by atomic mass is 10.1. The topological polar surface area (TPSA) is 80.3 Å². The molecule has 122 valence electrons. The number of carbonyl (C=O) groups excluding carboxylic acids is 2. The molecule has 2 N–H and O–H groups in total. The van der Waals surface area contributed by atoms with Crippen molar-refractivity contribution in [3.8, 4) is 0 Å². The molecule has 0 aliphatic carbocycles. The normalized spacial score (nSPS) is 12.4. The van der Waals surface area contributed by atoms with Gasteiger partial charge in [0, 0.05) is 10.7 Å². The zero-order valence-corrected chi connectivity index (χ0v) is 14.9. The summed E-state index contributed by atoms with van der Waals surface area (Å²) in [6.07, 6.45) is 2.25. The molecule has 0 aliphatic heterocycles. The summed E-state index contributed by atoms with van der Waals surface area (Å²) in [6, 6.07) is 2.79. The van der Waals surface area contributed by atoms with Crippen LogP contribution in [0.3, 0.4) is 0 Å². The molecule has 0 saturated heterocycles. The fourth-order valence-electron chi connectivity index (χ4n) is 1.67. The van der Waals surface area contributed by atoms with Crippen LogP contribution in [0.5, 0.6) is 0 Å². The first kappa shape index (κ1) is 18.4. The monoisotopic (exact) mass is 371 g/mol. The second kappa shape index (κ2) is 8.12. The van der Waals surface area contributed by atoms with Crippen LogP contribution in [0.2, 0.25) is 0 Å². The van der Waals surface area contributed by atoms with Crippen molar-refractivity contribution >= 4 is 33.7 Å². The van der Waals surface area contributed by atoms with Gasteiger partial charge in [0.2, 0.25) is 5.91 Å². The number of aromatic nitrogens is 1. The van der Waals surface area contributed by atoms with Gasteiger partial charge in [-0.1, -0.05) is 13.3 Å². The molecule has 1 rings (SSSR count). The molecule has 0 aromatic carbocycles. The third kappa shape index (κ3) is 6.89. The van der Waals surface area contributed by atoms with Gasteiger partial charge in [-0.05, 0) is 55.3 Å². The number of amides is 2. The van der Waals surface area contributed by atoms with Gasteiger partial charge in [-0.25, -0.2) is 9.78 Å². The predicted molar refractivity (Wildman–Crippen MR) is 88.6 cm³/mol. The van der Waals surface area contributed by atoms with E-state index in [1.807, 2.05) is 6.92 Å². The van der Waals surface area contributed by atoms with Gasteiger partial charge in [-0.3, -0.25) is 4.79 Å². The van der Waals surface area contributed by atoms with E-state index in [1.165, 1.54) is 0 Å². The quantitative estimate of drug-likeness (QED) is 0.829. The van der Waals surface area contributed by atoms with Crippen LogP contribution in [0.1, 0.15) is 40.5 Å². The molecule has 0 bridgehead atoms. The van der Waals surface area contributed by atoms with E-state index < -0.39 is 17.7 Å². The SMILES string of the molecule is CCCC(NC(=O)OC(C)(C)C)C(=O)Nc1ccc(Br)cn1. The Bertz CT molecular complexity index is 512. The Morgan fingerprint density at radius 1 is 1.36 bits per heavy atom. The van der Waals surface area contributed by atoms with Gasteiger partial charge >= 0.3 is 6.09 Å². The second-order valence-electron chi connectivity index (χ2n) is 5.84. The fourth-order valence-corrected chi connectivity index (χ4v) is 1.90. The van der Waals surface area contributed by atoms with Crippen molar-refractivity contribution in [2.24, 2.45) is 0 Å². The lowest BCUT2D eigenvalue weighted by Gasteiger charge is -2.23. The van der Waals surface area contributed by atoms with Gasteiger partial charge in [0.25, 0.3) is 0 Å². The van der Waals surface area contributed by atoms with E-state index in [4.69, 9.17) is 4.74 Å². The van der Waals surface area contributed by atoms with Crippen molar-refractivity contribution in [3.05, 3.63) is 22.8 Å². The van der Waals surface area contributed by atoms with E-state index in [9.17, 15) is 9.59 Å². The van der Waals surface area contributed by atoms with Crippen molar-refractivity contribution in [2.45, 2.75) is 52.2 Å². The molecule has 0 saturated carbocycles. The van der Waals surface area contributed by atoms with Crippen molar-refractivity contribution in [1.29, 1.82) is 0 Å². The molecule has 0 radical (unpaired) electrons. The minimum absolute atomic E-state index is 0.317. The number of anilines is 1. The van der Waals surface area contributed by atoms with Crippen LogP contribution in [-0.4, -0.2) is 28.6 Å². The van der Waals surface area contributed by atoms with Gasteiger partial charge < -0.3 is 15.4 Å². The molecule has 1 aromatic rings. The summed E-state index contributed by atoms with van der Waals surface area (Å²) in [5, 5.41) is 5.28. The van der Waals surface area contributed by atoms with E-state index in [-0.39, 0.29) is 5.91 Å². The molecule has 22 heavy (non-hydrogen) atoms.